The molecule has 0 amide bonds. The van der Waals surface area contributed by atoms with Crippen LogP contribution in [0.15, 0.2) is 11.0 Å². The molecule has 2 atom stereocenters. The molecule has 1 heterocycles. The summed E-state index contributed by atoms with van der Waals surface area (Å²) in [6, 6.07) is 1.75. The first-order valence-corrected chi connectivity index (χ1v) is 9.05. The van der Waals surface area contributed by atoms with Crippen molar-refractivity contribution < 1.29 is 13.2 Å². The Labute approximate surface area is 124 Å². The van der Waals surface area contributed by atoms with Crippen molar-refractivity contribution in [3.8, 4) is 0 Å². The van der Waals surface area contributed by atoms with Gasteiger partial charge >= 0.3 is 0 Å². The molecule has 1 saturated carbocycles. The van der Waals surface area contributed by atoms with Crippen LogP contribution in [-0.4, -0.2) is 34.7 Å². The first-order valence-electron chi connectivity index (χ1n) is 6.75. The lowest BCUT2D eigenvalue weighted by atomic mass is 10.3. The Hall–Kier alpha value is -0.470. The molecule has 0 spiro atoms. The van der Waals surface area contributed by atoms with E-state index in [0.717, 1.165) is 29.0 Å². The topological polar surface area (TPSA) is 67.4 Å². The molecule has 114 valence electrons. The standard InChI is InChI=1S/C13H22N2O3S2/c1-9-13(7-12(19-9)8-14-2)20(16,17)15-10-4-5-11(6-10)18-3/h7,10-11,14-15H,4-6,8H2,1-3H3. The third-order valence-corrected chi connectivity index (χ3v) is 6.43. The lowest BCUT2D eigenvalue weighted by molar-refractivity contribution is 0.107. The lowest BCUT2D eigenvalue weighted by Crippen LogP contribution is -2.33. The average Bonchev–Trinajstić information content (AvgIpc) is 2.96. The predicted octanol–water partition coefficient (Wildman–Crippen LogP) is 1.62. The van der Waals surface area contributed by atoms with E-state index in [1.807, 2.05) is 14.0 Å². The maximum atomic E-state index is 12.5. The Bertz CT molecular complexity index is 554. The van der Waals surface area contributed by atoms with E-state index in [1.165, 1.54) is 11.3 Å². The van der Waals surface area contributed by atoms with Crippen molar-refractivity contribution in [2.24, 2.45) is 0 Å². The number of sulfonamides is 1. The number of rotatable bonds is 6. The van der Waals surface area contributed by atoms with E-state index in [0.29, 0.717) is 11.4 Å². The molecule has 0 radical (unpaired) electrons. The largest absolute Gasteiger partial charge is 0.381 e. The van der Waals surface area contributed by atoms with Gasteiger partial charge < -0.3 is 10.1 Å². The first kappa shape index (κ1) is 15.9. The second-order valence-electron chi connectivity index (χ2n) is 5.15. The normalized spacial score (nSPS) is 23.4. The van der Waals surface area contributed by atoms with E-state index in [4.69, 9.17) is 4.74 Å². The minimum atomic E-state index is -3.43. The molecular weight excluding hydrogens is 296 g/mol. The Morgan fingerprint density at radius 2 is 2.20 bits per heavy atom. The van der Waals surface area contributed by atoms with E-state index in [1.54, 1.807) is 13.2 Å². The van der Waals surface area contributed by atoms with Gasteiger partial charge in [-0.15, -0.1) is 11.3 Å². The third kappa shape index (κ3) is 3.59. The second-order valence-corrected chi connectivity index (χ2v) is 8.18. The lowest BCUT2D eigenvalue weighted by Gasteiger charge is -2.13. The van der Waals surface area contributed by atoms with E-state index < -0.39 is 10.0 Å². The van der Waals surface area contributed by atoms with E-state index >= 15 is 0 Å². The molecule has 0 saturated heterocycles. The van der Waals surface area contributed by atoms with Crippen LogP contribution in [0.4, 0.5) is 0 Å². The molecule has 2 unspecified atom stereocenters. The zero-order valence-electron chi connectivity index (χ0n) is 12.1. The van der Waals surface area contributed by atoms with Crippen LogP contribution in [0.25, 0.3) is 0 Å². The summed E-state index contributed by atoms with van der Waals surface area (Å²) in [7, 11) is 0.101. The summed E-state index contributed by atoms with van der Waals surface area (Å²) in [4.78, 5) is 2.28. The van der Waals surface area contributed by atoms with Gasteiger partial charge in [-0.3, -0.25) is 0 Å². The molecule has 1 aromatic heterocycles. The van der Waals surface area contributed by atoms with Crippen LogP contribution >= 0.6 is 11.3 Å². The monoisotopic (exact) mass is 318 g/mol. The molecule has 7 heteroatoms. The van der Waals surface area contributed by atoms with Crippen molar-refractivity contribution in [1.29, 1.82) is 0 Å². The van der Waals surface area contributed by atoms with Gasteiger partial charge in [0.1, 0.15) is 0 Å². The summed E-state index contributed by atoms with van der Waals surface area (Å²) in [6.07, 6.45) is 2.68. The highest BCUT2D eigenvalue weighted by Gasteiger charge is 2.29. The number of thiophene rings is 1. The van der Waals surface area contributed by atoms with Crippen molar-refractivity contribution >= 4 is 21.4 Å². The molecule has 0 aromatic carbocycles. The fourth-order valence-electron chi connectivity index (χ4n) is 2.60. The summed E-state index contributed by atoms with van der Waals surface area (Å²) in [5, 5.41) is 3.04. The molecular formula is C13H22N2O3S2. The highest BCUT2D eigenvalue weighted by atomic mass is 32.2. The number of methoxy groups -OCH3 is 1. The van der Waals surface area contributed by atoms with Crippen LogP contribution in [0.2, 0.25) is 0 Å². The maximum Gasteiger partial charge on any atom is 0.241 e. The Morgan fingerprint density at radius 1 is 1.45 bits per heavy atom. The Morgan fingerprint density at radius 3 is 2.80 bits per heavy atom. The first-order chi connectivity index (χ1) is 9.46. The van der Waals surface area contributed by atoms with E-state index in [9.17, 15) is 8.42 Å². The SMILES string of the molecule is CNCc1cc(S(=O)(=O)NC2CCC(OC)C2)c(C)s1. The van der Waals surface area contributed by atoms with Gasteiger partial charge in [0.05, 0.1) is 11.0 Å². The number of ether oxygens (including phenoxy) is 1. The number of hydrogen-bond acceptors (Lipinski definition) is 5. The average molecular weight is 318 g/mol. The molecule has 1 aliphatic rings. The predicted molar refractivity (Wildman–Crippen MR) is 80.6 cm³/mol. The van der Waals surface area contributed by atoms with Gasteiger partial charge in [0.2, 0.25) is 10.0 Å². The molecule has 20 heavy (non-hydrogen) atoms. The molecule has 0 aliphatic heterocycles. The minimum Gasteiger partial charge on any atom is -0.381 e. The zero-order valence-corrected chi connectivity index (χ0v) is 13.7. The highest BCUT2D eigenvalue weighted by molar-refractivity contribution is 7.89. The van der Waals surface area contributed by atoms with Gasteiger partial charge in [-0.2, -0.15) is 0 Å². The fraction of sp³-hybridized carbons (Fsp3) is 0.692. The molecule has 1 aromatic rings. The molecule has 1 aliphatic carbocycles. The van der Waals surface area contributed by atoms with Crippen LogP contribution in [0, 0.1) is 6.92 Å². The molecule has 1 fully saturated rings. The zero-order chi connectivity index (χ0) is 14.8. The van der Waals surface area contributed by atoms with Crippen molar-refractivity contribution in [3.63, 3.8) is 0 Å². The quantitative estimate of drug-likeness (QED) is 0.836. The number of hydrogen-bond donors (Lipinski definition) is 2. The van der Waals surface area contributed by atoms with Crippen molar-refractivity contribution in [2.45, 2.75) is 49.8 Å². The Kier molecular flexibility index (Phi) is 5.19. The van der Waals surface area contributed by atoms with Gasteiger partial charge in [-0.05, 0) is 39.3 Å². The Balaban J connectivity index is 2.10. The minimum absolute atomic E-state index is 0.0167. The molecule has 0 bridgehead atoms. The number of aryl methyl sites for hydroxylation is 1. The van der Waals surface area contributed by atoms with E-state index in [2.05, 4.69) is 10.0 Å². The van der Waals surface area contributed by atoms with Crippen LogP contribution in [0.5, 0.6) is 0 Å². The van der Waals surface area contributed by atoms with Gasteiger partial charge in [0.25, 0.3) is 0 Å². The maximum absolute atomic E-state index is 12.5. The second kappa shape index (κ2) is 6.53. The van der Waals surface area contributed by atoms with Gasteiger partial charge in [0.15, 0.2) is 0 Å². The van der Waals surface area contributed by atoms with Gasteiger partial charge in [-0.1, -0.05) is 0 Å². The molecule has 2 N–H and O–H groups in total. The van der Waals surface area contributed by atoms with Crippen LogP contribution < -0.4 is 10.0 Å². The van der Waals surface area contributed by atoms with Crippen LogP contribution in [-0.2, 0) is 21.3 Å². The summed E-state index contributed by atoms with van der Waals surface area (Å²) in [5.74, 6) is 0. The summed E-state index contributed by atoms with van der Waals surface area (Å²) in [5.41, 5.74) is 0. The molecule has 2 rings (SSSR count). The van der Waals surface area contributed by atoms with Crippen molar-refractivity contribution in [2.75, 3.05) is 14.2 Å². The highest BCUT2D eigenvalue weighted by Crippen LogP contribution is 2.28. The summed E-state index contributed by atoms with van der Waals surface area (Å²) < 4.78 is 33.0. The smallest absolute Gasteiger partial charge is 0.241 e. The van der Waals surface area contributed by atoms with Crippen molar-refractivity contribution in [1.82, 2.24) is 10.0 Å². The van der Waals surface area contributed by atoms with Gasteiger partial charge in [-0.25, -0.2) is 13.1 Å². The van der Waals surface area contributed by atoms with Gasteiger partial charge in [0, 0.05) is 29.5 Å². The molecule has 5 nitrogen and oxygen atoms in total. The summed E-state index contributed by atoms with van der Waals surface area (Å²) >= 11 is 1.52. The van der Waals surface area contributed by atoms with Crippen LogP contribution in [0.3, 0.4) is 0 Å². The third-order valence-electron chi connectivity index (χ3n) is 3.60. The number of nitrogens with one attached hydrogen (secondary N) is 2. The van der Waals surface area contributed by atoms with Crippen LogP contribution in [0.1, 0.15) is 29.0 Å². The van der Waals surface area contributed by atoms with Crippen molar-refractivity contribution in [3.05, 3.63) is 15.8 Å². The summed E-state index contributed by atoms with van der Waals surface area (Å²) in [6.45, 7) is 2.54. The van der Waals surface area contributed by atoms with E-state index in [-0.39, 0.29) is 12.1 Å². The fourth-order valence-corrected chi connectivity index (χ4v) is 5.53.